The van der Waals surface area contributed by atoms with Gasteiger partial charge >= 0.3 is 0 Å². The van der Waals surface area contributed by atoms with E-state index >= 15 is 0 Å². The number of nitrogens with zero attached hydrogens (tertiary/aromatic N) is 1. The molecule has 0 saturated heterocycles. The summed E-state index contributed by atoms with van der Waals surface area (Å²) in [5, 5.41) is 0.378. The van der Waals surface area contributed by atoms with Crippen LogP contribution in [0.2, 0.25) is 5.02 Å². The summed E-state index contributed by atoms with van der Waals surface area (Å²) in [5.41, 5.74) is 0. The van der Waals surface area contributed by atoms with E-state index in [1.54, 1.807) is 0 Å². The van der Waals surface area contributed by atoms with Gasteiger partial charge in [0.25, 0.3) is 0 Å². The van der Waals surface area contributed by atoms with Crippen molar-refractivity contribution in [2.45, 2.75) is 4.90 Å². The zero-order valence-electron chi connectivity index (χ0n) is 4.75. The van der Waals surface area contributed by atoms with Crippen LogP contribution in [0.3, 0.4) is 0 Å². The molecule has 10 heavy (non-hydrogen) atoms. The summed E-state index contributed by atoms with van der Waals surface area (Å²) in [7, 11) is 3.69. The average molecular weight is 196 g/mol. The van der Waals surface area contributed by atoms with Crippen molar-refractivity contribution in [2.75, 3.05) is 0 Å². The van der Waals surface area contributed by atoms with Gasteiger partial charge in [0.2, 0.25) is 0 Å². The van der Waals surface area contributed by atoms with Crippen molar-refractivity contribution >= 4 is 32.3 Å². The van der Waals surface area contributed by atoms with Crippen LogP contribution in [-0.2, 0) is 10.0 Å². The first-order valence-electron chi connectivity index (χ1n) is 2.39. The molecule has 54 valence electrons. The fraction of sp³-hybridized carbons (Fsp3) is 0. The van der Waals surface area contributed by atoms with E-state index in [2.05, 4.69) is 4.98 Å². The van der Waals surface area contributed by atoms with E-state index in [9.17, 15) is 4.21 Å². The first kappa shape index (κ1) is 7.98. The highest BCUT2D eigenvalue weighted by atomic mass is 35.7. The summed E-state index contributed by atoms with van der Waals surface area (Å²) in [6, 6.07) is 1.54. The Hall–Kier alpha value is -0.120. The molecule has 0 radical (unpaired) electrons. The smallest absolute Gasteiger partial charge is 0.150 e. The molecule has 1 atom stereocenters. The van der Waals surface area contributed by atoms with Crippen LogP contribution in [0.5, 0.6) is 0 Å². The first-order valence-corrected chi connectivity index (χ1v) is 4.75. The number of rotatable bonds is 1. The second kappa shape index (κ2) is 3.32. The lowest BCUT2D eigenvalue weighted by Crippen LogP contribution is -1.83. The van der Waals surface area contributed by atoms with Gasteiger partial charge in [0, 0.05) is 12.4 Å². The van der Waals surface area contributed by atoms with Crippen LogP contribution in [-0.4, -0.2) is 9.19 Å². The number of hydrogen-bond acceptors (Lipinski definition) is 2. The van der Waals surface area contributed by atoms with E-state index < -0.39 is 10.0 Å². The molecule has 0 amide bonds. The van der Waals surface area contributed by atoms with Crippen LogP contribution < -0.4 is 0 Å². The van der Waals surface area contributed by atoms with Crippen molar-refractivity contribution < 1.29 is 4.21 Å². The lowest BCUT2D eigenvalue weighted by atomic mass is 10.5. The predicted molar refractivity (Wildman–Crippen MR) is 41.5 cm³/mol. The standard InChI is InChI=1S/C5H3Cl2NOS/c6-4-1-2-8-3-5(4)10(7)9/h1-3H. The predicted octanol–water partition coefficient (Wildman–Crippen LogP) is 2.00. The molecule has 0 N–H and O–H groups in total. The highest BCUT2D eigenvalue weighted by Crippen LogP contribution is 2.18. The zero-order valence-corrected chi connectivity index (χ0v) is 7.08. The van der Waals surface area contributed by atoms with Crippen molar-refractivity contribution in [1.82, 2.24) is 4.98 Å². The zero-order chi connectivity index (χ0) is 7.56. The summed E-state index contributed by atoms with van der Waals surface area (Å²) in [4.78, 5) is 4.06. The topological polar surface area (TPSA) is 30.0 Å². The summed E-state index contributed by atoms with van der Waals surface area (Å²) in [6.45, 7) is 0. The van der Waals surface area contributed by atoms with Crippen molar-refractivity contribution in [1.29, 1.82) is 0 Å². The van der Waals surface area contributed by atoms with Gasteiger partial charge in [-0.05, 0) is 16.7 Å². The minimum absolute atomic E-state index is 0.353. The summed E-state index contributed by atoms with van der Waals surface area (Å²) in [5.74, 6) is 0. The number of halogens is 2. The molecule has 0 fully saturated rings. The normalized spacial score (nSPS) is 13.0. The van der Waals surface area contributed by atoms with Crippen molar-refractivity contribution in [3.05, 3.63) is 23.5 Å². The molecule has 1 heterocycles. The Labute approximate surface area is 70.1 Å². The maximum absolute atomic E-state index is 10.6. The van der Waals surface area contributed by atoms with Crippen LogP contribution in [0.1, 0.15) is 0 Å². The molecule has 1 aromatic rings. The molecule has 5 heteroatoms. The minimum Gasteiger partial charge on any atom is -0.263 e. The Kier molecular flexibility index (Phi) is 2.65. The molecule has 1 rings (SSSR count). The summed E-state index contributed by atoms with van der Waals surface area (Å²) in [6.07, 6.45) is 2.89. The fourth-order valence-electron chi connectivity index (χ4n) is 0.481. The van der Waals surface area contributed by atoms with Gasteiger partial charge in [0.1, 0.15) is 0 Å². The second-order valence-corrected chi connectivity index (χ2v) is 3.66. The molecule has 0 aliphatic carbocycles. The third-order valence-corrected chi connectivity index (χ3v) is 2.52. The highest BCUT2D eigenvalue weighted by Gasteiger charge is 2.03. The Balaban J connectivity index is 3.15. The number of hydrogen-bond donors (Lipinski definition) is 0. The maximum atomic E-state index is 10.6. The molecule has 0 saturated carbocycles. The van der Waals surface area contributed by atoms with Gasteiger partial charge in [-0.15, -0.1) is 0 Å². The van der Waals surface area contributed by atoms with Gasteiger partial charge in [-0.3, -0.25) is 4.98 Å². The van der Waals surface area contributed by atoms with E-state index in [1.807, 2.05) is 0 Å². The fourth-order valence-corrected chi connectivity index (χ4v) is 1.65. The molecule has 0 aliphatic rings. The van der Waals surface area contributed by atoms with Gasteiger partial charge in [-0.2, -0.15) is 0 Å². The van der Waals surface area contributed by atoms with Crippen LogP contribution >= 0.6 is 22.3 Å². The average Bonchev–Trinajstić information content (AvgIpc) is 1.88. The Morgan fingerprint density at radius 2 is 2.30 bits per heavy atom. The molecule has 2 nitrogen and oxygen atoms in total. The van der Waals surface area contributed by atoms with E-state index in [1.165, 1.54) is 18.5 Å². The van der Waals surface area contributed by atoms with E-state index in [-0.39, 0.29) is 0 Å². The molecule has 0 aromatic carbocycles. The van der Waals surface area contributed by atoms with Gasteiger partial charge in [-0.1, -0.05) is 11.6 Å². The van der Waals surface area contributed by atoms with Gasteiger partial charge in [0.15, 0.2) is 10.0 Å². The van der Waals surface area contributed by atoms with Crippen LogP contribution in [0.25, 0.3) is 0 Å². The summed E-state index contributed by atoms with van der Waals surface area (Å²) >= 11 is 5.60. The van der Waals surface area contributed by atoms with Gasteiger partial charge < -0.3 is 0 Å². The molecular formula is C5H3Cl2NOS. The molecule has 0 spiro atoms. The second-order valence-electron chi connectivity index (χ2n) is 1.53. The number of pyridine rings is 1. The van der Waals surface area contributed by atoms with E-state index in [0.29, 0.717) is 9.92 Å². The van der Waals surface area contributed by atoms with E-state index in [0.717, 1.165) is 0 Å². The minimum atomic E-state index is -1.56. The molecule has 0 aliphatic heterocycles. The highest BCUT2D eigenvalue weighted by molar-refractivity contribution is 8.08. The number of aromatic nitrogens is 1. The Bertz CT molecular complexity index is 266. The van der Waals surface area contributed by atoms with Crippen LogP contribution in [0, 0.1) is 0 Å². The van der Waals surface area contributed by atoms with Crippen LogP contribution in [0.4, 0.5) is 0 Å². The Morgan fingerprint density at radius 1 is 1.60 bits per heavy atom. The molecule has 1 aromatic heterocycles. The lowest BCUT2D eigenvalue weighted by Gasteiger charge is -1.93. The maximum Gasteiger partial charge on any atom is 0.150 e. The van der Waals surface area contributed by atoms with Gasteiger partial charge in [0.05, 0.1) is 9.92 Å². The van der Waals surface area contributed by atoms with E-state index in [4.69, 9.17) is 22.3 Å². The summed E-state index contributed by atoms with van der Waals surface area (Å²) < 4.78 is 10.6. The largest absolute Gasteiger partial charge is 0.263 e. The van der Waals surface area contributed by atoms with Crippen molar-refractivity contribution in [3.8, 4) is 0 Å². The lowest BCUT2D eigenvalue weighted by molar-refractivity contribution is 0.691. The monoisotopic (exact) mass is 195 g/mol. The quantitative estimate of drug-likeness (QED) is 0.643. The molecule has 1 unspecified atom stereocenters. The molecule has 0 bridgehead atoms. The third-order valence-electron chi connectivity index (χ3n) is 0.907. The van der Waals surface area contributed by atoms with Crippen LogP contribution in [0.15, 0.2) is 23.4 Å². The molecular weight excluding hydrogens is 193 g/mol. The SMILES string of the molecule is O=S(Cl)c1cnccc1Cl. The third kappa shape index (κ3) is 1.68. The van der Waals surface area contributed by atoms with Crippen molar-refractivity contribution in [3.63, 3.8) is 0 Å². The Morgan fingerprint density at radius 3 is 2.70 bits per heavy atom. The van der Waals surface area contributed by atoms with Crippen molar-refractivity contribution in [2.24, 2.45) is 0 Å². The van der Waals surface area contributed by atoms with Gasteiger partial charge in [-0.25, -0.2) is 4.21 Å². The first-order chi connectivity index (χ1) is 4.72.